The van der Waals surface area contributed by atoms with Gasteiger partial charge in [-0.15, -0.1) is 0 Å². The van der Waals surface area contributed by atoms with Crippen molar-refractivity contribution in [2.45, 2.75) is 37.7 Å². The van der Waals surface area contributed by atoms with Crippen molar-refractivity contribution in [3.05, 3.63) is 47.5 Å². The number of carbonyl (C=O) groups excluding carboxylic acids is 1. The van der Waals surface area contributed by atoms with Gasteiger partial charge < -0.3 is 25.8 Å². The molecule has 4 atom stereocenters. The zero-order chi connectivity index (χ0) is 26.7. The normalized spacial score (nSPS) is 25.2. The van der Waals surface area contributed by atoms with E-state index in [0.717, 1.165) is 12.1 Å². The molecule has 0 bridgehead atoms. The Morgan fingerprint density at radius 3 is 2.78 bits per heavy atom. The first kappa shape index (κ1) is 27.0. The van der Waals surface area contributed by atoms with Gasteiger partial charge in [0.2, 0.25) is 11.7 Å². The SMILES string of the molecule is C[C@@H]1COC[C@H](c2cccc(C(F)(F)F)c2)N1c1ncnc(NC[C@@H]2CCN(CC(N)=O)C[C@H]2O)c1F. The molecular weight excluding hydrogens is 496 g/mol. The molecule has 0 radical (unpaired) electrons. The summed E-state index contributed by atoms with van der Waals surface area (Å²) in [5, 5.41) is 13.4. The van der Waals surface area contributed by atoms with Gasteiger partial charge in [-0.1, -0.05) is 12.1 Å². The molecule has 37 heavy (non-hydrogen) atoms. The minimum Gasteiger partial charge on any atom is -0.391 e. The van der Waals surface area contributed by atoms with Crippen molar-refractivity contribution in [3.8, 4) is 0 Å². The van der Waals surface area contributed by atoms with Gasteiger partial charge in [-0.3, -0.25) is 9.69 Å². The summed E-state index contributed by atoms with van der Waals surface area (Å²) in [6.45, 7) is 3.22. The maximum atomic E-state index is 15.7. The molecule has 1 aromatic heterocycles. The fraction of sp³-hybridized carbons (Fsp3) is 0.542. The molecule has 4 N–H and O–H groups in total. The smallest absolute Gasteiger partial charge is 0.391 e. The molecule has 0 aliphatic carbocycles. The molecule has 2 aromatic rings. The number of benzene rings is 1. The van der Waals surface area contributed by atoms with Crippen LogP contribution in [-0.2, 0) is 15.7 Å². The number of nitrogens with two attached hydrogens (primary N) is 1. The van der Waals surface area contributed by atoms with Gasteiger partial charge in [-0.25, -0.2) is 9.97 Å². The van der Waals surface area contributed by atoms with Gasteiger partial charge in [-0.2, -0.15) is 17.6 Å². The summed E-state index contributed by atoms with van der Waals surface area (Å²) in [4.78, 5) is 22.7. The van der Waals surface area contributed by atoms with Crippen LogP contribution in [0.5, 0.6) is 0 Å². The molecule has 13 heteroatoms. The monoisotopic (exact) mass is 526 g/mol. The highest BCUT2D eigenvalue weighted by Gasteiger charge is 2.36. The number of aromatic nitrogens is 2. The number of morpholine rings is 1. The lowest BCUT2D eigenvalue weighted by Crippen LogP contribution is -2.48. The summed E-state index contributed by atoms with van der Waals surface area (Å²) in [7, 11) is 0. The Morgan fingerprint density at radius 2 is 2.08 bits per heavy atom. The van der Waals surface area contributed by atoms with Gasteiger partial charge in [0.05, 0.1) is 43.5 Å². The first-order valence-corrected chi connectivity index (χ1v) is 12.0. The van der Waals surface area contributed by atoms with Crippen LogP contribution in [0.1, 0.15) is 30.5 Å². The standard InChI is InChI=1S/C24H30F4N6O3/c1-14-11-37-12-18(15-3-2-4-17(7-15)24(26,27)28)34(14)23-21(25)22(31-13-32-23)30-8-16-5-6-33(9-19(16)35)10-20(29)36/h2-4,7,13-14,16,18-19,35H,5-6,8-12H2,1H3,(H2,29,36)(H,30,31,32)/t14-,16+,18-,19-/m1/s1. The summed E-state index contributed by atoms with van der Waals surface area (Å²) in [6, 6.07) is 3.84. The molecule has 202 valence electrons. The Labute approximate surface area is 211 Å². The Bertz CT molecular complexity index is 1100. The lowest BCUT2D eigenvalue weighted by molar-refractivity contribution is -0.137. The molecule has 3 heterocycles. The number of aliphatic hydroxyl groups is 1. The van der Waals surface area contributed by atoms with E-state index < -0.39 is 35.6 Å². The van der Waals surface area contributed by atoms with E-state index in [1.165, 1.54) is 12.4 Å². The third-order valence-corrected chi connectivity index (χ3v) is 6.78. The number of likely N-dealkylation sites (tertiary alicyclic amines) is 1. The van der Waals surface area contributed by atoms with Crippen LogP contribution in [0.25, 0.3) is 0 Å². The molecule has 0 saturated carbocycles. The van der Waals surface area contributed by atoms with Gasteiger partial charge in [0, 0.05) is 19.0 Å². The predicted octanol–water partition coefficient (Wildman–Crippen LogP) is 2.18. The zero-order valence-corrected chi connectivity index (χ0v) is 20.3. The average Bonchev–Trinajstić information content (AvgIpc) is 2.84. The molecule has 0 spiro atoms. The number of nitrogens with one attached hydrogen (secondary N) is 1. The van der Waals surface area contributed by atoms with E-state index in [2.05, 4.69) is 15.3 Å². The summed E-state index contributed by atoms with van der Waals surface area (Å²) in [5.41, 5.74) is 4.76. The number of piperidine rings is 1. The Hall–Kier alpha value is -3.03. The first-order valence-electron chi connectivity index (χ1n) is 12.0. The predicted molar refractivity (Wildman–Crippen MR) is 127 cm³/mol. The number of nitrogens with zero attached hydrogens (tertiary/aromatic N) is 4. The Morgan fingerprint density at radius 1 is 1.30 bits per heavy atom. The van der Waals surface area contributed by atoms with Crippen LogP contribution in [0.2, 0.25) is 0 Å². The van der Waals surface area contributed by atoms with Crippen molar-refractivity contribution >= 4 is 17.5 Å². The van der Waals surface area contributed by atoms with Crippen LogP contribution in [-0.4, -0.2) is 77.4 Å². The van der Waals surface area contributed by atoms with E-state index in [1.807, 2.05) is 0 Å². The van der Waals surface area contributed by atoms with Crippen LogP contribution < -0.4 is 16.0 Å². The van der Waals surface area contributed by atoms with Crippen molar-refractivity contribution in [2.75, 3.05) is 49.6 Å². The second-order valence-corrected chi connectivity index (χ2v) is 9.49. The van der Waals surface area contributed by atoms with E-state index in [-0.39, 0.29) is 56.4 Å². The molecule has 9 nitrogen and oxygen atoms in total. The topological polar surface area (TPSA) is 117 Å². The minimum atomic E-state index is -4.51. The van der Waals surface area contributed by atoms with Crippen LogP contribution >= 0.6 is 0 Å². The maximum absolute atomic E-state index is 15.7. The van der Waals surface area contributed by atoms with Crippen molar-refractivity contribution in [3.63, 3.8) is 0 Å². The highest BCUT2D eigenvalue weighted by atomic mass is 19.4. The summed E-state index contributed by atoms with van der Waals surface area (Å²) >= 11 is 0. The number of aliphatic hydroxyl groups excluding tert-OH is 1. The molecule has 2 saturated heterocycles. The number of hydrogen-bond donors (Lipinski definition) is 3. The van der Waals surface area contributed by atoms with Gasteiger partial charge in [0.25, 0.3) is 0 Å². The number of anilines is 2. The van der Waals surface area contributed by atoms with Crippen LogP contribution in [0, 0.1) is 11.7 Å². The van der Waals surface area contributed by atoms with E-state index in [0.29, 0.717) is 18.5 Å². The molecule has 4 rings (SSSR count). The number of alkyl halides is 3. The quantitative estimate of drug-likeness (QED) is 0.470. The lowest BCUT2D eigenvalue weighted by atomic mass is 9.93. The highest BCUT2D eigenvalue weighted by Crippen LogP contribution is 2.37. The number of β-amino-alcohol motifs (C(OH)–C–C–N with tert-alkyl or cyclic N) is 1. The molecule has 2 aliphatic rings. The largest absolute Gasteiger partial charge is 0.416 e. The van der Waals surface area contributed by atoms with Crippen molar-refractivity contribution < 1.29 is 32.2 Å². The third-order valence-electron chi connectivity index (χ3n) is 6.78. The Kier molecular flexibility index (Phi) is 8.14. The molecule has 0 unspecified atom stereocenters. The average molecular weight is 527 g/mol. The number of halogens is 4. The Balaban J connectivity index is 1.52. The molecule has 2 aliphatic heterocycles. The summed E-state index contributed by atoms with van der Waals surface area (Å²) < 4.78 is 61.2. The van der Waals surface area contributed by atoms with E-state index in [1.54, 1.807) is 22.8 Å². The fourth-order valence-corrected chi connectivity index (χ4v) is 4.89. The van der Waals surface area contributed by atoms with Crippen molar-refractivity contribution in [2.24, 2.45) is 11.7 Å². The highest BCUT2D eigenvalue weighted by molar-refractivity contribution is 5.75. The summed E-state index contributed by atoms with van der Waals surface area (Å²) in [5.74, 6) is -1.54. The van der Waals surface area contributed by atoms with E-state index in [9.17, 15) is 23.1 Å². The molecule has 2 fully saturated rings. The van der Waals surface area contributed by atoms with Crippen LogP contribution in [0.15, 0.2) is 30.6 Å². The first-order chi connectivity index (χ1) is 17.5. The molecular formula is C24H30F4N6O3. The number of ether oxygens (including phenoxy) is 1. The van der Waals surface area contributed by atoms with Crippen LogP contribution in [0.4, 0.5) is 29.2 Å². The lowest BCUT2D eigenvalue weighted by Gasteiger charge is -2.41. The van der Waals surface area contributed by atoms with Crippen LogP contribution in [0.3, 0.4) is 0 Å². The van der Waals surface area contributed by atoms with Crippen molar-refractivity contribution in [1.82, 2.24) is 14.9 Å². The van der Waals surface area contributed by atoms with Gasteiger partial charge >= 0.3 is 6.18 Å². The molecule has 1 amide bonds. The number of amides is 1. The number of hydrogen-bond acceptors (Lipinski definition) is 8. The van der Waals surface area contributed by atoms with E-state index >= 15 is 4.39 Å². The number of rotatable bonds is 7. The van der Waals surface area contributed by atoms with Gasteiger partial charge in [-0.05, 0) is 37.6 Å². The maximum Gasteiger partial charge on any atom is 0.416 e. The fourth-order valence-electron chi connectivity index (χ4n) is 4.89. The summed E-state index contributed by atoms with van der Waals surface area (Å²) in [6.07, 6.45) is -3.49. The minimum absolute atomic E-state index is 0.0486. The van der Waals surface area contributed by atoms with Gasteiger partial charge in [0.15, 0.2) is 11.6 Å². The molecule has 1 aromatic carbocycles. The number of carbonyl (C=O) groups is 1. The third kappa shape index (κ3) is 6.28. The van der Waals surface area contributed by atoms with Gasteiger partial charge in [0.1, 0.15) is 6.33 Å². The van der Waals surface area contributed by atoms with E-state index in [4.69, 9.17) is 10.5 Å². The van der Waals surface area contributed by atoms with Crippen molar-refractivity contribution in [1.29, 1.82) is 0 Å². The second-order valence-electron chi connectivity index (χ2n) is 9.49. The zero-order valence-electron chi connectivity index (χ0n) is 20.3. The number of primary amides is 1. The second kappa shape index (κ2) is 11.2.